The van der Waals surface area contributed by atoms with Crippen molar-refractivity contribution < 1.29 is 5.11 Å². The second-order valence-corrected chi connectivity index (χ2v) is 4.75. The molecule has 1 aromatic heterocycles. The van der Waals surface area contributed by atoms with E-state index in [1.54, 1.807) is 6.20 Å². The molecule has 0 saturated heterocycles. The van der Waals surface area contributed by atoms with Crippen molar-refractivity contribution in [3.63, 3.8) is 0 Å². The zero-order valence-electron chi connectivity index (χ0n) is 11.1. The zero-order chi connectivity index (χ0) is 12.7. The highest BCUT2D eigenvalue weighted by Crippen LogP contribution is 2.25. The summed E-state index contributed by atoms with van der Waals surface area (Å²) in [6, 6.07) is 4.29. The standard InChI is InChI=1S/C14H24N2O/c1-4-14(5-2,11-17)10-16-12(3)13-7-6-8-15-9-13/h6-9,12,16-17H,4-5,10-11H2,1-3H3/t12-/m0/s1. The second kappa shape index (κ2) is 6.72. The van der Waals surface area contributed by atoms with Crippen LogP contribution in [0.1, 0.15) is 45.2 Å². The SMILES string of the molecule is CCC(CC)(CO)CN[C@@H](C)c1cccnc1. The summed E-state index contributed by atoms with van der Waals surface area (Å²) in [7, 11) is 0. The molecule has 0 fully saturated rings. The summed E-state index contributed by atoms with van der Waals surface area (Å²) in [4.78, 5) is 4.12. The lowest BCUT2D eigenvalue weighted by Gasteiger charge is -2.31. The van der Waals surface area contributed by atoms with Gasteiger partial charge in [0, 0.05) is 37.0 Å². The second-order valence-electron chi connectivity index (χ2n) is 4.75. The Morgan fingerprint density at radius 3 is 2.59 bits per heavy atom. The van der Waals surface area contributed by atoms with Crippen LogP contribution in [0, 0.1) is 5.41 Å². The lowest BCUT2D eigenvalue weighted by molar-refractivity contribution is 0.110. The minimum absolute atomic E-state index is 0.0104. The van der Waals surface area contributed by atoms with Gasteiger partial charge in [0.15, 0.2) is 0 Å². The first kappa shape index (κ1) is 14.1. The monoisotopic (exact) mass is 236 g/mol. The van der Waals surface area contributed by atoms with E-state index in [9.17, 15) is 5.11 Å². The third-order valence-electron chi connectivity index (χ3n) is 3.80. The van der Waals surface area contributed by atoms with E-state index in [0.717, 1.165) is 19.4 Å². The maximum atomic E-state index is 9.51. The van der Waals surface area contributed by atoms with E-state index < -0.39 is 0 Å². The summed E-state index contributed by atoms with van der Waals surface area (Å²) in [6.45, 7) is 7.48. The number of rotatable bonds is 7. The highest BCUT2D eigenvalue weighted by Gasteiger charge is 2.25. The number of hydrogen-bond donors (Lipinski definition) is 2. The molecule has 0 spiro atoms. The van der Waals surface area contributed by atoms with Crippen LogP contribution in [0.4, 0.5) is 0 Å². The molecule has 1 heterocycles. The number of pyridine rings is 1. The van der Waals surface area contributed by atoms with Crippen LogP contribution in [0.3, 0.4) is 0 Å². The predicted octanol–water partition coefficient (Wildman–Crippen LogP) is 2.53. The van der Waals surface area contributed by atoms with Gasteiger partial charge in [-0.15, -0.1) is 0 Å². The van der Waals surface area contributed by atoms with Crippen molar-refractivity contribution in [2.45, 2.75) is 39.7 Å². The molecule has 0 radical (unpaired) electrons. The van der Waals surface area contributed by atoms with Crippen LogP contribution >= 0.6 is 0 Å². The molecule has 0 saturated carbocycles. The summed E-state index contributed by atoms with van der Waals surface area (Å²) in [6.07, 6.45) is 5.65. The Balaban J connectivity index is 2.55. The van der Waals surface area contributed by atoms with E-state index >= 15 is 0 Å². The topological polar surface area (TPSA) is 45.1 Å². The lowest BCUT2D eigenvalue weighted by atomic mass is 9.83. The average molecular weight is 236 g/mol. The molecule has 1 aromatic rings. The van der Waals surface area contributed by atoms with Gasteiger partial charge in [-0.3, -0.25) is 4.98 Å². The molecule has 3 heteroatoms. The number of hydrogen-bond acceptors (Lipinski definition) is 3. The van der Waals surface area contributed by atoms with Crippen LogP contribution in [0.2, 0.25) is 0 Å². The summed E-state index contributed by atoms with van der Waals surface area (Å²) in [5, 5.41) is 13.0. The van der Waals surface area contributed by atoms with Gasteiger partial charge < -0.3 is 10.4 Å². The molecule has 0 aromatic carbocycles. The third kappa shape index (κ3) is 3.79. The Morgan fingerprint density at radius 1 is 1.41 bits per heavy atom. The number of aliphatic hydroxyl groups excluding tert-OH is 1. The fraction of sp³-hybridized carbons (Fsp3) is 0.643. The van der Waals surface area contributed by atoms with E-state index in [1.807, 2.05) is 12.3 Å². The molecule has 1 atom stereocenters. The average Bonchev–Trinajstić information content (AvgIpc) is 2.41. The Morgan fingerprint density at radius 2 is 2.12 bits per heavy atom. The summed E-state index contributed by atoms with van der Waals surface area (Å²) in [5.74, 6) is 0. The van der Waals surface area contributed by atoms with Crippen LogP contribution in [0.15, 0.2) is 24.5 Å². The fourth-order valence-electron chi connectivity index (χ4n) is 1.90. The van der Waals surface area contributed by atoms with Gasteiger partial charge in [0.05, 0.1) is 0 Å². The van der Waals surface area contributed by atoms with Gasteiger partial charge in [-0.2, -0.15) is 0 Å². The Bertz CT molecular complexity index is 301. The molecule has 0 aliphatic carbocycles. The molecule has 0 unspecified atom stereocenters. The Kier molecular flexibility index (Phi) is 5.59. The van der Waals surface area contributed by atoms with Crippen LogP contribution in [-0.2, 0) is 0 Å². The van der Waals surface area contributed by atoms with Crippen molar-refractivity contribution in [1.82, 2.24) is 10.3 Å². The van der Waals surface area contributed by atoms with Gasteiger partial charge in [-0.25, -0.2) is 0 Å². The highest BCUT2D eigenvalue weighted by molar-refractivity contribution is 5.12. The third-order valence-corrected chi connectivity index (χ3v) is 3.80. The molecule has 17 heavy (non-hydrogen) atoms. The van der Waals surface area contributed by atoms with E-state index in [2.05, 4.69) is 37.1 Å². The highest BCUT2D eigenvalue weighted by atomic mass is 16.3. The molecule has 0 amide bonds. The molecule has 0 bridgehead atoms. The van der Waals surface area contributed by atoms with Crippen molar-refractivity contribution >= 4 is 0 Å². The minimum atomic E-state index is 0.0104. The maximum absolute atomic E-state index is 9.51. The fourth-order valence-corrected chi connectivity index (χ4v) is 1.90. The van der Waals surface area contributed by atoms with E-state index in [-0.39, 0.29) is 18.1 Å². The first-order valence-corrected chi connectivity index (χ1v) is 6.41. The van der Waals surface area contributed by atoms with Gasteiger partial charge in [0.25, 0.3) is 0 Å². The van der Waals surface area contributed by atoms with Gasteiger partial charge >= 0.3 is 0 Å². The van der Waals surface area contributed by atoms with Crippen LogP contribution < -0.4 is 5.32 Å². The quantitative estimate of drug-likeness (QED) is 0.764. The Hall–Kier alpha value is -0.930. The maximum Gasteiger partial charge on any atom is 0.0499 e. The molecular formula is C14H24N2O. The number of nitrogens with one attached hydrogen (secondary N) is 1. The van der Waals surface area contributed by atoms with E-state index in [0.29, 0.717) is 0 Å². The molecule has 0 aliphatic rings. The molecule has 96 valence electrons. The van der Waals surface area contributed by atoms with Crippen LogP contribution in [-0.4, -0.2) is 23.2 Å². The molecule has 2 N–H and O–H groups in total. The zero-order valence-corrected chi connectivity index (χ0v) is 11.1. The largest absolute Gasteiger partial charge is 0.396 e. The van der Waals surface area contributed by atoms with Gasteiger partial charge in [0.1, 0.15) is 0 Å². The van der Waals surface area contributed by atoms with Crippen molar-refractivity contribution in [2.75, 3.05) is 13.2 Å². The predicted molar refractivity (Wildman–Crippen MR) is 70.8 cm³/mol. The molecule has 0 aliphatic heterocycles. The minimum Gasteiger partial charge on any atom is -0.396 e. The number of aliphatic hydroxyl groups is 1. The van der Waals surface area contributed by atoms with Crippen molar-refractivity contribution in [2.24, 2.45) is 5.41 Å². The first-order valence-electron chi connectivity index (χ1n) is 6.41. The van der Waals surface area contributed by atoms with Crippen molar-refractivity contribution in [1.29, 1.82) is 0 Å². The Labute approximate surface area is 104 Å². The number of aromatic nitrogens is 1. The van der Waals surface area contributed by atoms with E-state index in [1.165, 1.54) is 5.56 Å². The first-order chi connectivity index (χ1) is 8.17. The van der Waals surface area contributed by atoms with Crippen LogP contribution in [0.5, 0.6) is 0 Å². The number of nitrogens with zero attached hydrogens (tertiary/aromatic N) is 1. The summed E-state index contributed by atoms with van der Waals surface area (Å²) in [5.41, 5.74) is 1.20. The smallest absolute Gasteiger partial charge is 0.0499 e. The molecule has 3 nitrogen and oxygen atoms in total. The van der Waals surface area contributed by atoms with Crippen LogP contribution in [0.25, 0.3) is 0 Å². The lowest BCUT2D eigenvalue weighted by Crippen LogP contribution is -2.37. The normalized spacial score (nSPS) is 13.6. The van der Waals surface area contributed by atoms with E-state index in [4.69, 9.17) is 0 Å². The van der Waals surface area contributed by atoms with Gasteiger partial charge in [-0.1, -0.05) is 19.9 Å². The van der Waals surface area contributed by atoms with Crippen molar-refractivity contribution in [3.05, 3.63) is 30.1 Å². The molecular weight excluding hydrogens is 212 g/mol. The summed E-state index contributed by atoms with van der Waals surface area (Å²) >= 11 is 0. The molecule has 1 rings (SSSR count). The van der Waals surface area contributed by atoms with Crippen molar-refractivity contribution in [3.8, 4) is 0 Å². The summed E-state index contributed by atoms with van der Waals surface area (Å²) < 4.78 is 0. The van der Waals surface area contributed by atoms with Gasteiger partial charge in [-0.05, 0) is 31.4 Å². The van der Waals surface area contributed by atoms with Gasteiger partial charge in [0.2, 0.25) is 0 Å².